The molecule has 0 unspecified atom stereocenters. The van der Waals surface area contributed by atoms with Gasteiger partial charge in [0.25, 0.3) is 0 Å². The Kier molecular flexibility index (Phi) is 7.12. The second kappa shape index (κ2) is 10.4. The van der Waals surface area contributed by atoms with Crippen LogP contribution in [0.1, 0.15) is 5.56 Å². The molecule has 1 amide bonds. The predicted molar refractivity (Wildman–Crippen MR) is 123 cm³/mol. The summed E-state index contributed by atoms with van der Waals surface area (Å²) in [4.78, 5) is 21.7. The maximum absolute atomic E-state index is 12.3. The zero-order valence-electron chi connectivity index (χ0n) is 18.1. The number of ether oxygens (including phenoxy) is 1. The van der Waals surface area contributed by atoms with Crippen LogP contribution < -0.4 is 20.9 Å². The van der Waals surface area contributed by atoms with E-state index >= 15 is 0 Å². The minimum absolute atomic E-state index is 0.0687. The van der Waals surface area contributed by atoms with Crippen LogP contribution in [0.5, 0.6) is 0 Å². The van der Waals surface area contributed by atoms with Gasteiger partial charge in [0.05, 0.1) is 13.2 Å². The van der Waals surface area contributed by atoms with Crippen molar-refractivity contribution >= 4 is 34.6 Å². The zero-order chi connectivity index (χ0) is 24.0. The van der Waals surface area contributed by atoms with Crippen molar-refractivity contribution in [3.05, 3.63) is 66.5 Å². The van der Waals surface area contributed by atoms with Gasteiger partial charge in [0.15, 0.2) is 0 Å². The van der Waals surface area contributed by atoms with Crippen LogP contribution in [0.3, 0.4) is 0 Å². The molecule has 11 heteroatoms. The van der Waals surface area contributed by atoms with Gasteiger partial charge >= 0.3 is 12.1 Å². The quantitative estimate of drug-likeness (QED) is 0.475. The summed E-state index contributed by atoms with van der Waals surface area (Å²) in [5.74, 6) is -0.811. The van der Waals surface area contributed by atoms with E-state index in [1.165, 1.54) is 18.5 Å². The average molecular weight is 472 g/mol. The summed E-state index contributed by atoms with van der Waals surface area (Å²) in [5.41, 5.74) is 2.90. The Balaban J connectivity index is 1.31. The smallest absolute Gasteiger partial charge is 0.378 e. The van der Waals surface area contributed by atoms with E-state index in [1.807, 2.05) is 17.4 Å². The van der Waals surface area contributed by atoms with Crippen LogP contribution in [-0.4, -0.2) is 48.4 Å². The standard InChI is InChI=1S/C23H23F3N6O2/c24-23(25,26)22(33)31-18-3-1-16(2-4-18)14-27-20-13-21(29-15-28-20)30-17-5-7-19(8-6-17)32-9-11-34-12-10-32/h1-8,13,15H,9-12,14H2,(H,31,33)(H2,27,28,29,30). The summed E-state index contributed by atoms with van der Waals surface area (Å²) in [6, 6.07) is 15.9. The van der Waals surface area contributed by atoms with E-state index in [-0.39, 0.29) is 5.69 Å². The molecular weight excluding hydrogens is 449 g/mol. The van der Waals surface area contributed by atoms with Gasteiger partial charge in [0.1, 0.15) is 18.0 Å². The van der Waals surface area contributed by atoms with Crippen LogP contribution in [0.25, 0.3) is 0 Å². The van der Waals surface area contributed by atoms with Crippen LogP contribution in [0.15, 0.2) is 60.9 Å². The summed E-state index contributed by atoms with van der Waals surface area (Å²) >= 11 is 0. The van der Waals surface area contributed by atoms with Gasteiger partial charge in [-0.3, -0.25) is 4.79 Å². The molecular formula is C23H23F3N6O2. The van der Waals surface area contributed by atoms with Crippen molar-refractivity contribution in [3.63, 3.8) is 0 Å². The Bertz CT molecular complexity index is 1100. The third kappa shape index (κ3) is 6.35. The number of halogens is 3. The molecule has 8 nitrogen and oxygen atoms in total. The summed E-state index contributed by atoms with van der Waals surface area (Å²) in [6.07, 6.45) is -3.49. The van der Waals surface area contributed by atoms with E-state index in [2.05, 4.69) is 37.6 Å². The van der Waals surface area contributed by atoms with Crippen molar-refractivity contribution in [3.8, 4) is 0 Å². The van der Waals surface area contributed by atoms with E-state index in [0.717, 1.165) is 43.2 Å². The Morgan fingerprint density at radius 1 is 0.941 bits per heavy atom. The number of rotatable bonds is 7. The topological polar surface area (TPSA) is 91.4 Å². The number of benzene rings is 2. The Morgan fingerprint density at radius 3 is 2.26 bits per heavy atom. The van der Waals surface area contributed by atoms with Crippen molar-refractivity contribution in [2.75, 3.05) is 47.2 Å². The maximum Gasteiger partial charge on any atom is 0.471 e. The van der Waals surface area contributed by atoms with Crippen molar-refractivity contribution < 1.29 is 22.7 Å². The molecule has 0 bridgehead atoms. The molecule has 178 valence electrons. The van der Waals surface area contributed by atoms with Crippen LogP contribution in [-0.2, 0) is 16.1 Å². The number of aromatic nitrogens is 2. The summed E-state index contributed by atoms with van der Waals surface area (Å²) in [7, 11) is 0. The molecule has 0 atom stereocenters. The third-order valence-corrected chi connectivity index (χ3v) is 5.13. The number of hydrogen-bond acceptors (Lipinski definition) is 7. The fourth-order valence-corrected chi connectivity index (χ4v) is 3.35. The maximum atomic E-state index is 12.3. The normalized spacial score (nSPS) is 13.9. The van der Waals surface area contributed by atoms with Gasteiger partial charge in [0.2, 0.25) is 0 Å². The zero-order valence-corrected chi connectivity index (χ0v) is 18.1. The Labute approximate surface area is 194 Å². The van der Waals surface area contributed by atoms with Crippen LogP contribution in [0.2, 0.25) is 0 Å². The second-order valence-corrected chi connectivity index (χ2v) is 7.56. The van der Waals surface area contributed by atoms with Gasteiger partial charge in [-0.25, -0.2) is 9.97 Å². The first-order valence-electron chi connectivity index (χ1n) is 10.6. The van der Waals surface area contributed by atoms with E-state index in [4.69, 9.17) is 4.74 Å². The van der Waals surface area contributed by atoms with E-state index in [9.17, 15) is 18.0 Å². The largest absolute Gasteiger partial charge is 0.471 e. The van der Waals surface area contributed by atoms with Crippen LogP contribution >= 0.6 is 0 Å². The van der Waals surface area contributed by atoms with E-state index < -0.39 is 12.1 Å². The molecule has 2 heterocycles. The molecule has 1 saturated heterocycles. The Hall–Kier alpha value is -3.86. The highest BCUT2D eigenvalue weighted by Crippen LogP contribution is 2.22. The lowest BCUT2D eigenvalue weighted by Crippen LogP contribution is -2.36. The molecule has 34 heavy (non-hydrogen) atoms. The molecule has 3 N–H and O–H groups in total. The lowest BCUT2D eigenvalue weighted by atomic mass is 10.2. The minimum Gasteiger partial charge on any atom is -0.378 e. The molecule has 0 spiro atoms. The predicted octanol–water partition coefficient (Wildman–Crippen LogP) is 4.17. The van der Waals surface area contributed by atoms with Gasteiger partial charge in [-0.2, -0.15) is 13.2 Å². The number of anilines is 5. The van der Waals surface area contributed by atoms with E-state index in [1.54, 1.807) is 18.2 Å². The average Bonchev–Trinajstić information content (AvgIpc) is 2.84. The molecule has 0 saturated carbocycles. The second-order valence-electron chi connectivity index (χ2n) is 7.56. The van der Waals surface area contributed by atoms with Gasteiger partial charge in [-0.1, -0.05) is 12.1 Å². The molecule has 1 aliphatic heterocycles. The fourth-order valence-electron chi connectivity index (χ4n) is 3.35. The number of hydrogen-bond donors (Lipinski definition) is 3. The molecule has 1 aliphatic rings. The fraction of sp³-hybridized carbons (Fsp3) is 0.261. The minimum atomic E-state index is -4.93. The molecule has 0 radical (unpaired) electrons. The molecule has 3 aromatic rings. The first-order valence-corrected chi connectivity index (χ1v) is 10.6. The first-order chi connectivity index (χ1) is 16.4. The number of carbonyl (C=O) groups is 1. The van der Waals surface area contributed by atoms with Crippen molar-refractivity contribution in [2.45, 2.75) is 12.7 Å². The molecule has 0 aliphatic carbocycles. The highest BCUT2D eigenvalue weighted by Gasteiger charge is 2.38. The number of morpholine rings is 1. The highest BCUT2D eigenvalue weighted by atomic mass is 19.4. The Morgan fingerprint density at radius 2 is 1.59 bits per heavy atom. The number of alkyl halides is 3. The number of carbonyl (C=O) groups excluding carboxylic acids is 1. The van der Waals surface area contributed by atoms with Gasteiger partial charge < -0.3 is 25.6 Å². The van der Waals surface area contributed by atoms with Crippen molar-refractivity contribution in [2.24, 2.45) is 0 Å². The molecule has 1 fully saturated rings. The first kappa shape index (κ1) is 23.3. The van der Waals surface area contributed by atoms with E-state index in [0.29, 0.717) is 18.2 Å². The van der Waals surface area contributed by atoms with Crippen molar-refractivity contribution in [1.82, 2.24) is 9.97 Å². The van der Waals surface area contributed by atoms with Gasteiger partial charge in [-0.15, -0.1) is 0 Å². The monoisotopic (exact) mass is 472 g/mol. The van der Waals surface area contributed by atoms with Crippen LogP contribution in [0, 0.1) is 0 Å². The molecule has 4 rings (SSSR count). The summed E-state index contributed by atoms with van der Waals surface area (Å²) < 4.78 is 42.4. The third-order valence-electron chi connectivity index (χ3n) is 5.13. The molecule has 2 aromatic carbocycles. The summed E-state index contributed by atoms with van der Waals surface area (Å²) in [6.45, 7) is 3.60. The number of nitrogens with zero attached hydrogens (tertiary/aromatic N) is 3. The van der Waals surface area contributed by atoms with Gasteiger partial charge in [0, 0.05) is 42.8 Å². The lowest BCUT2D eigenvalue weighted by Gasteiger charge is -2.28. The van der Waals surface area contributed by atoms with Gasteiger partial charge in [-0.05, 0) is 42.0 Å². The van der Waals surface area contributed by atoms with Crippen LogP contribution in [0.4, 0.5) is 41.9 Å². The number of nitrogens with one attached hydrogen (secondary N) is 3. The lowest BCUT2D eigenvalue weighted by molar-refractivity contribution is -0.167. The summed E-state index contributed by atoms with van der Waals surface area (Å²) in [5, 5.41) is 8.20. The molecule has 1 aromatic heterocycles. The van der Waals surface area contributed by atoms with Crippen molar-refractivity contribution in [1.29, 1.82) is 0 Å². The SMILES string of the molecule is O=C(Nc1ccc(CNc2cc(Nc3ccc(N4CCOCC4)cc3)ncn2)cc1)C(F)(F)F. The number of amides is 1. The highest BCUT2D eigenvalue weighted by molar-refractivity contribution is 5.94.